The molecule has 0 fully saturated rings. The van der Waals surface area contributed by atoms with Gasteiger partial charge in [0.2, 0.25) is 0 Å². The third-order valence-electron chi connectivity index (χ3n) is 0.633. The van der Waals surface area contributed by atoms with Crippen molar-refractivity contribution in [2.45, 2.75) is 6.92 Å². The second kappa shape index (κ2) is 4.85. The standard InChI is InChI=1S/C6H7NO2/c1-2-9-5-6(3-7)4-8/h4-5H,2H2,1H3/b6-5+. The summed E-state index contributed by atoms with van der Waals surface area (Å²) in [5.74, 6) is 0. The zero-order chi connectivity index (χ0) is 7.11. The lowest BCUT2D eigenvalue weighted by Crippen LogP contribution is -1.83. The van der Waals surface area contributed by atoms with Gasteiger partial charge in [-0.1, -0.05) is 0 Å². The van der Waals surface area contributed by atoms with Crippen molar-refractivity contribution in [1.82, 2.24) is 0 Å². The van der Waals surface area contributed by atoms with Crippen LogP contribution in [0, 0.1) is 11.3 Å². The molecule has 0 radical (unpaired) electrons. The normalized spacial score (nSPS) is 10.0. The summed E-state index contributed by atoms with van der Waals surface area (Å²) in [4.78, 5) is 9.87. The fourth-order valence-electron chi connectivity index (χ4n) is 0.254. The molecule has 0 atom stereocenters. The molecule has 0 saturated heterocycles. The minimum Gasteiger partial charge on any atom is -0.500 e. The van der Waals surface area contributed by atoms with E-state index in [1.54, 1.807) is 13.0 Å². The predicted octanol–water partition coefficient (Wildman–Crippen LogP) is 0.629. The second-order valence-corrected chi connectivity index (χ2v) is 1.26. The smallest absolute Gasteiger partial charge is 0.163 e. The van der Waals surface area contributed by atoms with Gasteiger partial charge in [-0.15, -0.1) is 0 Å². The highest BCUT2D eigenvalue weighted by Crippen LogP contribution is 1.85. The molecule has 0 aromatic heterocycles. The Morgan fingerprint density at radius 2 is 2.56 bits per heavy atom. The average Bonchev–Trinajstić information content (AvgIpc) is 1.91. The van der Waals surface area contributed by atoms with Crippen molar-refractivity contribution in [2.75, 3.05) is 6.61 Å². The lowest BCUT2D eigenvalue weighted by Gasteiger charge is -1.89. The molecule has 0 aromatic rings. The maximum Gasteiger partial charge on any atom is 0.163 e. The topological polar surface area (TPSA) is 50.1 Å². The number of carbonyl (C=O) groups is 1. The van der Waals surface area contributed by atoms with E-state index in [4.69, 9.17) is 5.26 Å². The van der Waals surface area contributed by atoms with Crippen molar-refractivity contribution in [3.63, 3.8) is 0 Å². The fraction of sp³-hybridized carbons (Fsp3) is 0.333. The van der Waals surface area contributed by atoms with E-state index in [2.05, 4.69) is 4.74 Å². The number of carbonyl (C=O) groups excluding carboxylic acids is 1. The van der Waals surface area contributed by atoms with E-state index in [1.165, 1.54) is 0 Å². The third kappa shape index (κ3) is 3.30. The van der Waals surface area contributed by atoms with Crippen LogP contribution in [0.5, 0.6) is 0 Å². The molecule has 3 nitrogen and oxygen atoms in total. The SMILES string of the molecule is CCO/C=C(\C#N)C=O. The lowest BCUT2D eigenvalue weighted by atomic mass is 10.4. The molecule has 0 unspecified atom stereocenters. The first-order valence-corrected chi connectivity index (χ1v) is 2.52. The van der Waals surface area contributed by atoms with Gasteiger partial charge in [0.25, 0.3) is 0 Å². The van der Waals surface area contributed by atoms with Crippen molar-refractivity contribution in [1.29, 1.82) is 5.26 Å². The van der Waals surface area contributed by atoms with Crippen LogP contribution in [0.15, 0.2) is 11.8 Å². The van der Waals surface area contributed by atoms with Crippen molar-refractivity contribution < 1.29 is 9.53 Å². The van der Waals surface area contributed by atoms with E-state index in [9.17, 15) is 4.79 Å². The number of aldehydes is 1. The van der Waals surface area contributed by atoms with Crippen LogP contribution in [0.4, 0.5) is 0 Å². The van der Waals surface area contributed by atoms with Crippen molar-refractivity contribution in [3.05, 3.63) is 11.8 Å². The Labute approximate surface area is 53.5 Å². The van der Waals surface area contributed by atoms with Crippen LogP contribution >= 0.6 is 0 Å². The molecule has 0 spiro atoms. The highest BCUT2D eigenvalue weighted by atomic mass is 16.5. The molecule has 0 aliphatic heterocycles. The van der Waals surface area contributed by atoms with E-state index >= 15 is 0 Å². The minimum atomic E-state index is 0.0110. The van der Waals surface area contributed by atoms with Gasteiger partial charge in [-0.05, 0) is 6.92 Å². The van der Waals surface area contributed by atoms with Gasteiger partial charge in [-0.3, -0.25) is 4.79 Å². The number of allylic oxidation sites excluding steroid dienone is 1. The summed E-state index contributed by atoms with van der Waals surface area (Å²) in [7, 11) is 0. The third-order valence-corrected chi connectivity index (χ3v) is 0.633. The van der Waals surface area contributed by atoms with Crippen LogP contribution < -0.4 is 0 Å². The summed E-state index contributed by atoms with van der Waals surface area (Å²) in [6.07, 6.45) is 1.60. The molecular formula is C6H7NO2. The second-order valence-electron chi connectivity index (χ2n) is 1.26. The quantitative estimate of drug-likeness (QED) is 0.240. The van der Waals surface area contributed by atoms with E-state index in [0.717, 1.165) is 6.26 Å². The lowest BCUT2D eigenvalue weighted by molar-refractivity contribution is -0.104. The van der Waals surface area contributed by atoms with Gasteiger partial charge >= 0.3 is 0 Å². The highest BCUT2D eigenvalue weighted by molar-refractivity contribution is 5.78. The molecule has 3 heteroatoms. The summed E-state index contributed by atoms with van der Waals surface area (Å²) >= 11 is 0. The molecule has 0 amide bonds. The van der Waals surface area contributed by atoms with Crippen LogP contribution in [-0.2, 0) is 9.53 Å². The van der Waals surface area contributed by atoms with Gasteiger partial charge in [0.15, 0.2) is 6.29 Å². The molecule has 0 bridgehead atoms. The number of hydrogen-bond donors (Lipinski definition) is 0. The molecule has 0 aliphatic rings. The summed E-state index contributed by atoms with van der Waals surface area (Å²) in [5.41, 5.74) is 0.0110. The minimum absolute atomic E-state index is 0.0110. The van der Waals surface area contributed by atoms with Gasteiger partial charge in [0.1, 0.15) is 17.9 Å². The summed E-state index contributed by atoms with van der Waals surface area (Å²) in [6.45, 7) is 2.25. The molecule has 48 valence electrons. The van der Waals surface area contributed by atoms with E-state index < -0.39 is 0 Å². The van der Waals surface area contributed by atoms with Gasteiger partial charge < -0.3 is 4.74 Å². The van der Waals surface area contributed by atoms with Crippen molar-refractivity contribution in [3.8, 4) is 6.07 Å². The van der Waals surface area contributed by atoms with Gasteiger partial charge in [0, 0.05) is 0 Å². The highest BCUT2D eigenvalue weighted by Gasteiger charge is 1.87. The van der Waals surface area contributed by atoms with E-state index in [-0.39, 0.29) is 5.57 Å². The number of nitrogens with zero attached hydrogens (tertiary/aromatic N) is 1. The first kappa shape index (κ1) is 7.70. The van der Waals surface area contributed by atoms with Crippen LogP contribution in [0.2, 0.25) is 0 Å². The van der Waals surface area contributed by atoms with Crippen LogP contribution in [0.3, 0.4) is 0 Å². The van der Waals surface area contributed by atoms with Crippen molar-refractivity contribution >= 4 is 6.29 Å². The Morgan fingerprint density at radius 3 is 2.89 bits per heavy atom. The van der Waals surface area contributed by atoms with E-state index in [1.807, 2.05) is 0 Å². The summed E-state index contributed by atoms with van der Waals surface area (Å²) in [5, 5.41) is 8.12. The molecule has 0 heterocycles. The predicted molar refractivity (Wildman–Crippen MR) is 31.4 cm³/mol. The Kier molecular flexibility index (Phi) is 4.15. The molecular weight excluding hydrogens is 118 g/mol. The Bertz CT molecular complexity index is 155. The first-order valence-electron chi connectivity index (χ1n) is 2.52. The zero-order valence-electron chi connectivity index (χ0n) is 5.13. The maximum atomic E-state index is 9.87. The van der Waals surface area contributed by atoms with Gasteiger partial charge in [0.05, 0.1) is 6.61 Å². The zero-order valence-corrected chi connectivity index (χ0v) is 5.13. The summed E-state index contributed by atoms with van der Waals surface area (Å²) < 4.78 is 4.66. The number of nitriles is 1. The monoisotopic (exact) mass is 125 g/mol. The summed E-state index contributed by atoms with van der Waals surface area (Å²) in [6, 6.07) is 1.65. The molecule has 0 N–H and O–H groups in total. The first-order chi connectivity index (χ1) is 4.35. The van der Waals surface area contributed by atoms with Gasteiger partial charge in [-0.25, -0.2) is 0 Å². The molecule has 0 saturated carbocycles. The van der Waals surface area contributed by atoms with Crippen LogP contribution in [-0.4, -0.2) is 12.9 Å². The van der Waals surface area contributed by atoms with E-state index in [0.29, 0.717) is 12.9 Å². The average molecular weight is 125 g/mol. The molecule has 0 aromatic carbocycles. The Hall–Kier alpha value is -1.30. The maximum absolute atomic E-state index is 9.87. The molecule has 0 aliphatic carbocycles. The van der Waals surface area contributed by atoms with Gasteiger partial charge in [-0.2, -0.15) is 5.26 Å². The number of rotatable bonds is 3. The van der Waals surface area contributed by atoms with Crippen molar-refractivity contribution in [2.24, 2.45) is 0 Å². The largest absolute Gasteiger partial charge is 0.500 e. The Balaban J connectivity index is 3.80. The fourth-order valence-corrected chi connectivity index (χ4v) is 0.254. The molecule has 9 heavy (non-hydrogen) atoms. The Morgan fingerprint density at radius 1 is 1.89 bits per heavy atom. The van der Waals surface area contributed by atoms with Crippen LogP contribution in [0.25, 0.3) is 0 Å². The molecule has 0 rings (SSSR count). The number of hydrogen-bond acceptors (Lipinski definition) is 3. The van der Waals surface area contributed by atoms with Crippen LogP contribution in [0.1, 0.15) is 6.92 Å². The number of ether oxygens (including phenoxy) is 1.